The van der Waals surface area contributed by atoms with Crippen molar-refractivity contribution in [1.29, 1.82) is 0 Å². The van der Waals surface area contributed by atoms with Gasteiger partial charge < -0.3 is 9.84 Å². The molecule has 84 valence electrons. The summed E-state index contributed by atoms with van der Waals surface area (Å²) in [5.74, 6) is -0.295. The number of likely N-dealkylation sites (N-methyl/N-ethyl adjacent to an activating group) is 1. The van der Waals surface area contributed by atoms with Crippen LogP contribution in [0.2, 0.25) is 0 Å². The van der Waals surface area contributed by atoms with Crippen LogP contribution >= 0.6 is 11.3 Å². The third-order valence-electron chi connectivity index (χ3n) is 1.96. The van der Waals surface area contributed by atoms with Crippen molar-refractivity contribution in [2.24, 2.45) is 0 Å². The summed E-state index contributed by atoms with van der Waals surface area (Å²) < 4.78 is 4.62. The molecule has 0 aliphatic carbocycles. The lowest BCUT2D eigenvalue weighted by molar-refractivity contribution is 0.0606. The van der Waals surface area contributed by atoms with Gasteiger partial charge in [0, 0.05) is 18.0 Å². The molecule has 0 bridgehead atoms. The average molecular weight is 229 g/mol. The van der Waals surface area contributed by atoms with E-state index in [1.54, 1.807) is 6.07 Å². The fourth-order valence-electron chi connectivity index (χ4n) is 1.19. The number of hydrogen-bond acceptors (Lipinski definition) is 5. The average Bonchev–Trinajstić information content (AvgIpc) is 2.65. The molecule has 1 aromatic heterocycles. The summed E-state index contributed by atoms with van der Waals surface area (Å²) >= 11 is 1.42. The Morgan fingerprint density at radius 2 is 2.33 bits per heavy atom. The molecule has 0 amide bonds. The minimum atomic E-state index is -0.295. The number of methoxy groups -OCH3 is 1. The van der Waals surface area contributed by atoms with Crippen molar-refractivity contribution in [1.82, 2.24) is 4.90 Å². The topological polar surface area (TPSA) is 49.8 Å². The number of ether oxygens (including phenoxy) is 1. The Morgan fingerprint density at radius 3 is 2.93 bits per heavy atom. The molecule has 1 heterocycles. The number of aliphatic hydroxyl groups excluding tert-OH is 1. The molecular weight excluding hydrogens is 214 g/mol. The number of carbonyl (C=O) groups is 1. The number of carbonyl (C=O) groups excluding carboxylic acids is 1. The Kier molecular flexibility index (Phi) is 4.74. The maximum absolute atomic E-state index is 11.2. The number of rotatable bonds is 5. The Labute approximate surface area is 93.1 Å². The smallest absolute Gasteiger partial charge is 0.348 e. The van der Waals surface area contributed by atoms with Gasteiger partial charge in [0.25, 0.3) is 0 Å². The van der Waals surface area contributed by atoms with Gasteiger partial charge in [-0.15, -0.1) is 11.3 Å². The van der Waals surface area contributed by atoms with Crippen molar-refractivity contribution in [2.45, 2.75) is 6.54 Å². The molecule has 4 nitrogen and oxygen atoms in total. The first kappa shape index (κ1) is 12.2. The van der Waals surface area contributed by atoms with Crippen LogP contribution in [0.3, 0.4) is 0 Å². The number of thiophene rings is 1. The number of hydrogen-bond donors (Lipinski definition) is 1. The summed E-state index contributed by atoms with van der Waals surface area (Å²) in [6, 6.07) is 3.67. The molecule has 1 rings (SSSR count). The Morgan fingerprint density at radius 1 is 1.60 bits per heavy atom. The zero-order valence-electron chi connectivity index (χ0n) is 8.90. The Hall–Kier alpha value is -0.910. The first-order valence-corrected chi connectivity index (χ1v) is 5.45. The maximum Gasteiger partial charge on any atom is 0.348 e. The highest BCUT2D eigenvalue weighted by atomic mass is 32.1. The zero-order valence-corrected chi connectivity index (χ0v) is 9.71. The number of aliphatic hydroxyl groups is 1. The first-order chi connectivity index (χ1) is 7.17. The normalized spacial score (nSPS) is 10.7. The molecule has 0 fully saturated rings. The molecule has 0 unspecified atom stereocenters. The van der Waals surface area contributed by atoms with E-state index >= 15 is 0 Å². The van der Waals surface area contributed by atoms with Crippen LogP contribution in [0.1, 0.15) is 14.5 Å². The van der Waals surface area contributed by atoms with E-state index in [1.807, 2.05) is 18.0 Å². The summed E-state index contributed by atoms with van der Waals surface area (Å²) in [7, 11) is 3.30. The van der Waals surface area contributed by atoms with E-state index in [9.17, 15) is 4.79 Å². The highest BCUT2D eigenvalue weighted by molar-refractivity contribution is 7.13. The summed E-state index contributed by atoms with van der Waals surface area (Å²) in [5.41, 5.74) is 0. The van der Waals surface area contributed by atoms with Gasteiger partial charge in [-0.2, -0.15) is 0 Å². The van der Waals surface area contributed by atoms with Crippen molar-refractivity contribution < 1.29 is 14.6 Å². The van der Waals surface area contributed by atoms with Crippen molar-refractivity contribution in [3.63, 3.8) is 0 Å². The van der Waals surface area contributed by atoms with Crippen LogP contribution in [0.25, 0.3) is 0 Å². The summed E-state index contributed by atoms with van der Waals surface area (Å²) in [4.78, 5) is 14.9. The minimum absolute atomic E-state index is 0.145. The van der Waals surface area contributed by atoms with Crippen LogP contribution in [0.15, 0.2) is 12.1 Å². The van der Waals surface area contributed by atoms with Gasteiger partial charge in [-0.05, 0) is 19.2 Å². The second-order valence-electron chi connectivity index (χ2n) is 3.22. The van der Waals surface area contributed by atoms with Crippen LogP contribution in [-0.2, 0) is 11.3 Å². The molecule has 0 saturated heterocycles. The van der Waals surface area contributed by atoms with Gasteiger partial charge in [0.1, 0.15) is 4.88 Å². The molecule has 0 aliphatic heterocycles. The van der Waals surface area contributed by atoms with Crippen LogP contribution in [0, 0.1) is 0 Å². The Balaban J connectivity index is 2.56. The molecule has 0 spiro atoms. The van der Waals surface area contributed by atoms with E-state index in [-0.39, 0.29) is 12.6 Å². The van der Waals surface area contributed by atoms with E-state index in [2.05, 4.69) is 4.74 Å². The van der Waals surface area contributed by atoms with E-state index < -0.39 is 0 Å². The fourth-order valence-corrected chi connectivity index (χ4v) is 2.20. The third kappa shape index (κ3) is 3.62. The minimum Gasteiger partial charge on any atom is -0.465 e. The van der Waals surface area contributed by atoms with Crippen LogP contribution in [0.4, 0.5) is 0 Å². The maximum atomic E-state index is 11.2. The molecule has 0 saturated carbocycles. The van der Waals surface area contributed by atoms with Gasteiger partial charge in [0.15, 0.2) is 0 Å². The SMILES string of the molecule is COC(=O)c1ccc(CN(C)CCO)s1. The van der Waals surface area contributed by atoms with E-state index in [0.29, 0.717) is 11.4 Å². The summed E-state index contributed by atoms with van der Waals surface area (Å²) in [5, 5.41) is 8.73. The van der Waals surface area contributed by atoms with Crippen molar-refractivity contribution in [3.8, 4) is 0 Å². The number of nitrogens with zero attached hydrogens (tertiary/aromatic N) is 1. The molecule has 0 aliphatic rings. The lowest BCUT2D eigenvalue weighted by Crippen LogP contribution is -2.20. The van der Waals surface area contributed by atoms with E-state index in [4.69, 9.17) is 5.11 Å². The van der Waals surface area contributed by atoms with E-state index in [0.717, 1.165) is 11.4 Å². The largest absolute Gasteiger partial charge is 0.465 e. The van der Waals surface area contributed by atoms with E-state index in [1.165, 1.54) is 18.4 Å². The van der Waals surface area contributed by atoms with Gasteiger partial charge in [-0.25, -0.2) is 4.79 Å². The molecule has 1 aromatic rings. The second-order valence-corrected chi connectivity index (χ2v) is 4.39. The third-order valence-corrected chi connectivity index (χ3v) is 3.01. The predicted molar refractivity (Wildman–Crippen MR) is 59.1 cm³/mol. The molecule has 5 heteroatoms. The van der Waals surface area contributed by atoms with Crippen molar-refractivity contribution >= 4 is 17.3 Å². The fraction of sp³-hybridized carbons (Fsp3) is 0.500. The monoisotopic (exact) mass is 229 g/mol. The molecule has 0 atom stereocenters. The molecule has 0 radical (unpaired) electrons. The predicted octanol–water partition coefficient (Wildman–Crippen LogP) is 0.959. The summed E-state index contributed by atoms with van der Waals surface area (Å²) in [6.45, 7) is 1.51. The van der Waals surface area contributed by atoms with Gasteiger partial charge in [-0.3, -0.25) is 4.90 Å². The Bertz CT molecular complexity index is 324. The van der Waals surface area contributed by atoms with Gasteiger partial charge in [0.05, 0.1) is 13.7 Å². The standard InChI is InChI=1S/C10H15NO3S/c1-11(5-6-12)7-8-3-4-9(15-8)10(13)14-2/h3-4,12H,5-7H2,1-2H3. The van der Waals surface area contributed by atoms with Crippen LogP contribution in [-0.4, -0.2) is 43.3 Å². The zero-order chi connectivity index (χ0) is 11.3. The van der Waals surface area contributed by atoms with Gasteiger partial charge in [-0.1, -0.05) is 0 Å². The molecule has 0 aromatic carbocycles. The summed E-state index contributed by atoms with van der Waals surface area (Å²) in [6.07, 6.45) is 0. The number of esters is 1. The molecule has 1 N–H and O–H groups in total. The lowest BCUT2D eigenvalue weighted by atomic mass is 10.4. The quantitative estimate of drug-likeness (QED) is 0.764. The van der Waals surface area contributed by atoms with Crippen molar-refractivity contribution in [2.75, 3.05) is 27.3 Å². The second kappa shape index (κ2) is 5.85. The first-order valence-electron chi connectivity index (χ1n) is 4.63. The highest BCUT2D eigenvalue weighted by Gasteiger charge is 2.09. The van der Waals surface area contributed by atoms with Crippen LogP contribution in [0.5, 0.6) is 0 Å². The van der Waals surface area contributed by atoms with Gasteiger partial charge in [0.2, 0.25) is 0 Å². The highest BCUT2D eigenvalue weighted by Crippen LogP contribution is 2.18. The van der Waals surface area contributed by atoms with Crippen molar-refractivity contribution in [3.05, 3.63) is 21.9 Å². The van der Waals surface area contributed by atoms with Gasteiger partial charge >= 0.3 is 5.97 Å². The molecular formula is C10H15NO3S. The lowest BCUT2D eigenvalue weighted by Gasteiger charge is -2.12. The van der Waals surface area contributed by atoms with Crippen LogP contribution < -0.4 is 0 Å². The molecule has 15 heavy (non-hydrogen) atoms.